The molecule has 11 nitrogen and oxygen atoms in total. The van der Waals surface area contributed by atoms with Crippen LogP contribution in [-0.2, 0) is 24.7 Å². The minimum absolute atomic E-state index is 0.0167. The number of ether oxygens (including phenoxy) is 3. The Kier molecular flexibility index (Phi) is 14.1. The van der Waals surface area contributed by atoms with Gasteiger partial charge in [0.25, 0.3) is 0 Å². The number of rotatable bonds is 10. The number of methoxy groups -OCH3 is 1. The Morgan fingerprint density at radius 2 is 1.70 bits per heavy atom. The van der Waals surface area contributed by atoms with E-state index in [4.69, 9.17) is 18.6 Å². The first-order chi connectivity index (χ1) is 36.2. The summed E-state index contributed by atoms with van der Waals surface area (Å²) in [4.78, 5) is 21.6. The van der Waals surface area contributed by atoms with E-state index in [1.807, 2.05) is 36.4 Å². The number of aromatic nitrogens is 1. The molecule has 4 aliphatic heterocycles. The lowest BCUT2D eigenvalue weighted by atomic mass is 9.62. The number of aryl methyl sites for hydroxylation is 1. The highest BCUT2D eigenvalue weighted by Gasteiger charge is 2.50. The maximum absolute atomic E-state index is 15.1. The van der Waals surface area contributed by atoms with Gasteiger partial charge in [0.1, 0.15) is 22.7 Å². The number of piperazine rings is 1. The molecular formula is C63H65N3O8. The van der Waals surface area contributed by atoms with Gasteiger partial charge in [0.15, 0.2) is 22.5 Å². The molecule has 0 unspecified atom stereocenters. The number of fused-ring (bicyclic) bond motifs is 11. The second-order valence-corrected chi connectivity index (χ2v) is 20.5. The zero-order valence-electron chi connectivity index (χ0n) is 42.2. The van der Waals surface area contributed by atoms with E-state index in [0.29, 0.717) is 29.7 Å². The fraction of sp³-hybridized carbons (Fsp3) is 0.349. The molecule has 5 aliphatic rings. The lowest BCUT2D eigenvalue weighted by Gasteiger charge is -2.54. The van der Waals surface area contributed by atoms with Crippen molar-refractivity contribution in [2.75, 3.05) is 44.9 Å². The Hall–Kier alpha value is -7.23. The SMILES string of the molecule is CCc1cc2c([nH]1)N1CCN[C@H]3C#C[C@H](Cc4cccc-2c4)c2c(c(OC)c(OCC[C@@H](O)/C=C/c4ccccc4)c4c(=O)cc(-c5ccc(O)cc5)oc24)OC[C@@H](CO)Cc2ccc(cc2)C2(CCCCC2)[C@@H]31. The van der Waals surface area contributed by atoms with Crippen LogP contribution in [0.2, 0.25) is 0 Å². The van der Waals surface area contributed by atoms with Crippen LogP contribution in [0.3, 0.4) is 0 Å². The molecule has 0 amide bonds. The van der Waals surface area contributed by atoms with E-state index in [9.17, 15) is 15.3 Å². The van der Waals surface area contributed by atoms with E-state index >= 15 is 4.79 Å². The van der Waals surface area contributed by atoms with Crippen molar-refractivity contribution in [1.29, 1.82) is 0 Å². The zero-order chi connectivity index (χ0) is 50.8. The number of nitrogens with zero attached hydrogens (tertiary/aromatic N) is 1. The molecule has 74 heavy (non-hydrogen) atoms. The van der Waals surface area contributed by atoms with Gasteiger partial charge in [-0.3, -0.25) is 4.79 Å². The van der Waals surface area contributed by atoms with Gasteiger partial charge in [0.05, 0.1) is 50.0 Å². The van der Waals surface area contributed by atoms with Crippen LogP contribution >= 0.6 is 0 Å². The van der Waals surface area contributed by atoms with Crippen molar-refractivity contribution in [2.45, 2.75) is 94.2 Å². The normalized spacial score (nSPS) is 20.5. The monoisotopic (exact) mass is 991 g/mol. The molecule has 1 saturated heterocycles. The third kappa shape index (κ3) is 9.59. The molecule has 1 spiro atoms. The number of aliphatic hydroxyl groups is 2. The van der Waals surface area contributed by atoms with Crippen LogP contribution in [0.4, 0.5) is 5.82 Å². The molecule has 6 heterocycles. The Balaban J connectivity index is 1.17. The van der Waals surface area contributed by atoms with Gasteiger partial charge in [-0.1, -0.05) is 129 Å². The molecule has 0 radical (unpaired) electrons. The van der Waals surface area contributed by atoms with E-state index in [1.165, 1.54) is 30.9 Å². The first-order valence-corrected chi connectivity index (χ1v) is 26.4. The summed E-state index contributed by atoms with van der Waals surface area (Å²) in [6, 6.07) is 37.5. The summed E-state index contributed by atoms with van der Waals surface area (Å²) in [6.45, 7) is 3.67. The van der Waals surface area contributed by atoms with Gasteiger partial charge < -0.3 is 49.1 Å². The lowest BCUT2D eigenvalue weighted by molar-refractivity contribution is 0.156. The van der Waals surface area contributed by atoms with Gasteiger partial charge in [-0.15, -0.1) is 0 Å². The van der Waals surface area contributed by atoms with Gasteiger partial charge in [-0.2, -0.15) is 0 Å². The van der Waals surface area contributed by atoms with Gasteiger partial charge in [0.2, 0.25) is 5.75 Å². The third-order valence-electron chi connectivity index (χ3n) is 15.8. The first-order valence-electron chi connectivity index (χ1n) is 26.4. The third-order valence-corrected chi connectivity index (χ3v) is 15.8. The molecule has 11 heteroatoms. The van der Waals surface area contributed by atoms with Crippen LogP contribution in [0.15, 0.2) is 131 Å². The van der Waals surface area contributed by atoms with E-state index in [0.717, 1.165) is 78.8 Å². The van der Waals surface area contributed by atoms with Crippen molar-refractivity contribution in [3.8, 4) is 57.3 Å². The maximum atomic E-state index is 15.1. The van der Waals surface area contributed by atoms with Crippen molar-refractivity contribution < 1.29 is 33.9 Å². The summed E-state index contributed by atoms with van der Waals surface area (Å²) in [5.74, 6) is 8.93. The number of benzene rings is 5. The smallest absolute Gasteiger partial charge is 0.204 e. The summed E-state index contributed by atoms with van der Waals surface area (Å²) < 4.78 is 27.2. The summed E-state index contributed by atoms with van der Waals surface area (Å²) in [7, 11) is 1.54. The zero-order valence-corrected chi connectivity index (χ0v) is 42.2. The topological polar surface area (TPSA) is 150 Å². The first kappa shape index (κ1) is 49.0. The average Bonchev–Trinajstić information content (AvgIpc) is 3.88. The minimum Gasteiger partial charge on any atom is -0.508 e. The highest BCUT2D eigenvalue weighted by molar-refractivity contribution is 5.94. The highest BCUT2D eigenvalue weighted by atomic mass is 16.5. The fourth-order valence-corrected chi connectivity index (χ4v) is 12.1. The van der Waals surface area contributed by atoms with Crippen LogP contribution in [0.1, 0.15) is 84.9 Å². The Bertz CT molecular complexity index is 3270. The standard InChI is InChI=1S/C63H65N3O8/c1-3-48-36-51-45-14-10-13-42(34-45)35-46-20-26-52-61(66(31-30-64-52)62(51)65-48)63(28-8-5-9-29-63)47-21-15-41(16-22-47)33-43(38-67)39-73-58-55(46)57-56(53(70)37-54(74-57)44-18-24-49(68)25-19-44)59(60(58)71-2)72-32-27-50(69)23-17-40-11-6-4-7-12-40/h4,6-7,10-19,21-25,34,36-37,43,46,50,52,61,64-65,67-69H,3,5,8-9,27-33,35,38-39H2,1-2H3/b23-17+/t43-,46-,50+,52+,61-/m1/s1. The summed E-state index contributed by atoms with van der Waals surface area (Å²) in [5.41, 5.74) is 8.52. The largest absolute Gasteiger partial charge is 0.508 e. The quantitative estimate of drug-likeness (QED) is 0.0839. The molecule has 1 saturated carbocycles. The highest BCUT2D eigenvalue weighted by Crippen LogP contribution is 2.52. The van der Waals surface area contributed by atoms with E-state index in [1.54, 1.807) is 30.3 Å². The summed E-state index contributed by atoms with van der Waals surface area (Å²) >= 11 is 0. The van der Waals surface area contributed by atoms with Gasteiger partial charge in [0, 0.05) is 60.3 Å². The van der Waals surface area contributed by atoms with Gasteiger partial charge in [-0.05, 0) is 90.3 Å². The molecule has 5 N–H and O–H groups in total. The van der Waals surface area contributed by atoms with Crippen molar-refractivity contribution in [3.63, 3.8) is 0 Å². The Morgan fingerprint density at radius 1 is 0.892 bits per heavy atom. The average molecular weight is 992 g/mol. The molecular weight excluding hydrogens is 927 g/mol. The number of phenolic OH excluding ortho intramolecular Hbond substituents is 1. The molecule has 2 aromatic heterocycles. The van der Waals surface area contributed by atoms with Gasteiger partial charge >= 0.3 is 0 Å². The van der Waals surface area contributed by atoms with Gasteiger partial charge in [-0.25, -0.2) is 0 Å². The van der Waals surface area contributed by atoms with Crippen molar-refractivity contribution in [3.05, 3.63) is 165 Å². The maximum Gasteiger partial charge on any atom is 0.204 e. The number of aromatic amines is 1. The molecule has 2 fully saturated rings. The fourth-order valence-electron chi connectivity index (χ4n) is 12.1. The number of nitrogens with one attached hydrogen (secondary N) is 2. The molecule has 5 atom stereocenters. The van der Waals surface area contributed by atoms with Crippen molar-refractivity contribution >= 4 is 22.9 Å². The Morgan fingerprint density at radius 3 is 2.47 bits per heavy atom. The van der Waals surface area contributed by atoms with E-state index in [2.05, 4.69) is 88.6 Å². The molecule has 380 valence electrons. The summed E-state index contributed by atoms with van der Waals surface area (Å²) in [5, 5.41) is 36.7. The number of H-pyrrole nitrogens is 1. The molecule has 1 aliphatic carbocycles. The van der Waals surface area contributed by atoms with E-state index < -0.39 is 12.0 Å². The number of hydrogen-bond donors (Lipinski definition) is 5. The molecule has 12 rings (SSSR count). The second kappa shape index (κ2) is 21.3. The number of phenols is 1. The number of hydrogen-bond acceptors (Lipinski definition) is 10. The van der Waals surface area contributed by atoms with Crippen molar-refractivity contribution in [1.82, 2.24) is 10.3 Å². The van der Waals surface area contributed by atoms with Crippen LogP contribution in [0, 0.1) is 17.8 Å². The minimum atomic E-state index is -0.856. The van der Waals surface area contributed by atoms with Crippen LogP contribution in [-0.4, -0.2) is 78.5 Å². The second-order valence-electron chi connectivity index (χ2n) is 20.5. The molecule has 5 aromatic carbocycles. The number of aliphatic hydroxyl groups excluding tert-OH is 2. The summed E-state index contributed by atoms with van der Waals surface area (Å²) in [6.07, 6.45) is 10.2. The van der Waals surface area contributed by atoms with E-state index in [-0.39, 0.29) is 89.1 Å². The number of aromatic hydroxyl groups is 1. The Labute approximate surface area is 432 Å². The number of anilines is 1. The predicted molar refractivity (Wildman–Crippen MR) is 291 cm³/mol. The lowest BCUT2D eigenvalue weighted by Crippen LogP contribution is -2.66. The van der Waals surface area contributed by atoms with Crippen LogP contribution in [0.25, 0.3) is 39.5 Å². The van der Waals surface area contributed by atoms with Crippen LogP contribution in [0.5, 0.6) is 23.0 Å². The molecule has 7 aromatic rings. The molecule has 8 bridgehead atoms. The van der Waals surface area contributed by atoms with Crippen molar-refractivity contribution in [2.24, 2.45) is 5.92 Å². The van der Waals surface area contributed by atoms with Crippen LogP contribution < -0.4 is 29.9 Å². The predicted octanol–water partition coefficient (Wildman–Crippen LogP) is 10.5.